The summed E-state index contributed by atoms with van der Waals surface area (Å²) in [5.41, 5.74) is 2.02. The van der Waals surface area contributed by atoms with Gasteiger partial charge in [0.25, 0.3) is 0 Å². The van der Waals surface area contributed by atoms with Crippen LogP contribution in [0.4, 0.5) is 0 Å². The standard InChI is InChI=1S/C18H23N3O3S/c1-25(23,24)21(12-6-10-16-7-3-2-4-8-16)15-18(22)20-14-17-9-5-11-19-13-17/h2-5,7-9,11,13H,6,10,12,14-15H2,1H3,(H,20,22). The van der Waals surface area contributed by atoms with Crippen molar-refractivity contribution < 1.29 is 13.2 Å². The van der Waals surface area contributed by atoms with Crippen LogP contribution in [-0.2, 0) is 27.8 Å². The third-order valence-electron chi connectivity index (χ3n) is 3.72. The van der Waals surface area contributed by atoms with E-state index in [0.29, 0.717) is 19.5 Å². The second-order valence-electron chi connectivity index (χ2n) is 5.82. The lowest BCUT2D eigenvalue weighted by Crippen LogP contribution is -2.40. The quantitative estimate of drug-likeness (QED) is 0.736. The number of sulfonamides is 1. The van der Waals surface area contributed by atoms with Gasteiger partial charge in [0.05, 0.1) is 12.8 Å². The summed E-state index contributed by atoms with van der Waals surface area (Å²) >= 11 is 0. The summed E-state index contributed by atoms with van der Waals surface area (Å²) in [6, 6.07) is 13.5. The zero-order valence-corrected chi connectivity index (χ0v) is 15.1. The summed E-state index contributed by atoms with van der Waals surface area (Å²) in [7, 11) is -3.44. The Kier molecular flexibility index (Phi) is 7.09. The molecule has 1 aromatic carbocycles. The number of aryl methyl sites for hydroxylation is 1. The highest BCUT2D eigenvalue weighted by Crippen LogP contribution is 2.06. The number of carbonyl (C=O) groups excluding carboxylic acids is 1. The number of rotatable bonds is 9. The van der Waals surface area contributed by atoms with Crippen molar-refractivity contribution in [3.05, 3.63) is 66.0 Å². The van der Waals surface area contributed by atoms with Crippen LogP contribution in [-0.4, -0.2) is 43.0 Å². The third kappa shape index (κ3) is 7.03. The summed E-state index contributed by atoms with van der Waals surface area (Å²) in [4.78, 5) is 16.0. The first-order chi connectivity index (χ1) is 11.9. The Balaban J connectivity index is 1.83. The van der Waals surface area contributed by atoms with Crippen molar-refractivity contribution in [1.82, 2.24) is 14.6 Å². The lowest BCUT2D eigenvalue weighted by atomic mass is 10.1. The topological polar surface area (TPSA) is 79.4 Å². The monoisotopic (exact) mass is 361 g/mol. The molecule has 6 nitrogen and oxygen atoms in total. The molecule has 1 amide bonds. The molecule has 7 heteroatoms. The Morgan fingerprint density at radius 3 is 2.48 bits per heavy atom. The smallest absolute Gasteiger partial charge is 0.235 e. The lowest BCUT2D eigenvalue weighted by molar-refractivity contribution is -0.121. The predicted molar refractivity (Wildman–Crippen MR) is 97.3 cm³/mol. The summed E-state index contributed by atoms with van der Waals surface area (Å²) in [6.45, 7) is 0.468. The Labute approximate surface area is 148 Å². The van der Waals surface area contributed by atoms with Crippen LogP contribution in [0.1, 0.15) is 17.5 Å². The summed E-state index contributed by atoms with van der Waals surface area (Å²) in [6.07, 6.45) is 5.87. The van der Waals surface area contributed by atoms with E-state index in [1.165, 1.54) is 4.31 Å². The van der Waals surface area contributed by atoms with E-state index >= 15 is 0 Å². The van der Waals surface area contributed by atoms with Crippen LogP contribution < -0.4 is 5.32 Å². The van der Waals surface area contributed by atoms with Crippen LogP contribution in [0.25, 0.3) is 0 Å². The van der Waals surface area contributed by atoms with Crippen LogP contribution in [0, 0.1) is 0 Å². The van der Waals surface area contributed by atoms with Gasteiger partial charge in [-0.25, -0.2) is 8.42 Å². The first kappa shape index (κ1) is 19.1. The van der Waals surface area contributed by atoms with E-state index in [2.05, 4.69) is 10.3 Å². The first-order valence-corrected chi connectivity index (χ1v) is 9.94. The van der Waals surface area contributed by atoms with Crippen LogP contribution in [0.2, 0.25) is 0 Å². The number of benzene rings is 1. The highest BCUT2D eigenvalue weighted by molar-refractivity contribution is 7.88. The molecule has 1 heterocycles. The maximum Gasteiger partial charge on any atom is 0.235 e. The number of hydrogen-bond acceptors (Lipinski definition) is 4. The van der Waals surface area contributed by atoms with Crippen molar-refractivity contribution in [1.29, 1.82) is 0 Å². The molecule has 0 radical (unpaired) electrons. The molecular weight excluding hydrogens is 338 g/mol. The molecular formula is C18H23N3O3S. The molecule has 25 heavy (non-hydrogen) atoms. The number of nitrogens with one attached hydrogen (secondary N) is 1. The van der Waals surface area contributed by atoms with Gasteiger partial charge in [-0.15, -0.1) is 0 Å². The van der Waals surface area contributed by atoms with Gasteiger partial charge in [-0.3, -0.25) is 9.78 Å². The molecule has 0 spiro atoms. The highest BCUT2D eigenvalue weighted by atomic mass is 32.2. The van der Waals surface area contributed by atoms with Gasteiger partial charge >= 0.3 is 0 Å². The van der Waals surface area contributed by atoms with E-state index in [1.807, 2.05) is 36.4 Å². The number of hydrogen-bond donors (Lipinski definition) is 1. The molecule has 0 saturated carbocycles. The van der Waals surface area contributed by atoms with Crippen molar-refractivity contribution in [3.8, 4) is 0 Å². The van der Waals surface area contributed by atoms with Crippen molar-refractivity contribution in [2.75, 3.05) is 19.3 Å². The predicted octanol–water partition coefficient (Wildman–Crippen LogP) is 1.59. The van der Waals surface area contributed by atoms with Gasteiger partial charge in [0.1, 0.15) is 0 Å². The van der Waals surface area contributed by atoms with Crippen LogP contribution in [0.5, 0.6) is 0 Å². The van der Waals surface area contributed by atoms with Gasteiger partial charge in [-0.1, -0.05) is 36.4 Å². The van der Waals surface area contributed by atoms with Crippen molar-refractivity contribution in [3.63, 3.8) is 0 Å². The fraction of sp³-hybridized carbons (Fsp3) is 0.333. The Bertz CT molecular complexity index is 765. The van der Waals surface area contributed by atoms with Crippen molar-refractivity contribution >= 4 is 15.9 Å². The highest BCUT2D eigenvalue weighted by Gasteiger charge is 2.19. The van der Waals surface area contributed by atoms with Gasteiger partial charge in [0.2, 0.25) is 15.9 Å². The molecule has 134 valence electrons. The normalized spacial score (nSPS) is 11.4. The average Bonchev–Trinajstić information content (AvgIpc) is 2.60. The van der Waals surface area contributed by atoms with Crippen LogP contribution in [0.3, 0.4) is 0 Å². The summed E-state index contributed by atoms with van der Waals surface area (Å²) in [5, 5.41) is 2.72. The molecule has 0 unspecified atom stereocenters. The maximum absolute atomic E-state index is 12.1. The van der Waals surface area contributed by atoms with E-state index in [-0.39, 0.29) is 12.5 Å². The minimum Gasteiger partial charge on any atom is -0.351 e. The summed E-state index contributed by atoms with van der Waals surface area (Å²) in [5.74, 6) is -0.325. The zero-order valence-electron chi connectivity index (χ0n) is 14.3. The molecule has 0 atom stereocenters. The number of pyridine rings is 1. The van der Waals surface area contributed by atoms with Gasteiger partial charge in [-0.2, -0.15) is 4.31 Å². The maximum atomic E-state index is 12.1. The minimum atomic E-state index is -3.44. The van der Waals surface area contributed by atoms with Crippen LogP contribution in [0.15, 0.2) is 54.9 Å². The fourth-order valence-electron chi connectivity index (χ4n) is 2.39. The Morgan fingerprint density at radius 2 is 1.84 bits per heavy atom. The zero-order chi connectivity index (χ0) is 18.1. The van der Waals surface area contributed by atoms with E-state index in [4.69, 9.17) is 0 Å². The van der Waals surface area contributed by atoms with Gasteiger partial charge < -0.3 is 5.32 Å². The van der Waals surface area contributed by atoms with Crippen molar-refractivity contribution in [2.24, 2.45) is 0 Å². The third-order valence-corrected chi connectivity index (χ3v) is 4.97. The lowest BCUT2D eigenvalue weighted by Gasteiger charge is -2.19. The number of amides is 1. The summed E-state index contributed by atoms with van der Waals surface area (Å²) < 4.78 is 25.1. The fourth-order valence-corrected chi connectivity index (χ4v) is 3.20. The second-order valence-corrected chi connectivity index (χ2v) is 7.81. The molecule has 1 N–H and O–H groups in total. The molecule has 0 fully saturated rings. The first-order valence-electron chi connectivity index (χ1n) is 8.10. The molecule has 0 saturated heterocycles. The minimum absolute atomic E-state index is 0.173. The Morgan fingerprint density at radius 1 is 1.12 bits per heavy atom. The van der Waals surface area contributed by atoms with E-state index in [1.54, 1.807) is 18.5 Å². The van der Waals surface area contributed by atoms with E-state index < -0.39 is 10.0 Å². The van der Waals surface area contributed by atoms with Gasteiger partial charge in [0, 0.05) is 25.5 Å². The largest absolute Gasteiger partial charge is 0.351 e. The average molecular weight is 361 g/mol. The van der Waals surface area contributed by atoms with E-state index in [0.717, 1.165) is 23.8 Å². The second kappa shape index (κ2) is 9.29. The number of carbonyl (C=O) groups is 1. The van der Waals surface area contributed by atoms with Crippen molar-refractivity contribution in [2.45, 2.75) is 19.4 Å². The Hall–Kier alpha value is -2.25. The van der Waals surface area contributed by atoms with Crippen LogP contribution >= 0.6 is 0 Å². The molecule has 0 aliphatic rings. The van der Waals surface area contributed by atoms with Gasteiger partial charge in [0.15, 0.2) is 0 Å². The number of aromatic nitrogens is 1. The van der Waals surface area contributed by atoms with E-state index in [9.17, 15) is 13.2 Å². The SMILES string of the molecule is CS(=O)(=O)N(CCCc1ccccc1)CC(=O)NCc1cccnc1. The molecule has 2 aromatic rings. The molecule has 2 rings (SSSR count). The van der Waals surface area contributed by atoms with Gasteiger partial charge in [-0.05, 0) is 30.0 Å². The molecule has 0 bridgehead atoms. The molecule has 0 aliphatic carbocycles. The number of nitrogens with zero attached hydrogens (tertiary/aromatic N) is 2. The molecule has 1 aromatic heterocycles. The molecule has 0 aliphatic heterocycles.